The van der Waals surface area contributed by atoms with Gasteiger partial charge in [-0.25, -0.2) is 0 Å². The summed E-state index contributed by atoms with van der Waals surface area (Å²) in [4.78, 5) is 28.9. The van der Waals surface area contributed by atoms with Gasteiger partial charge in [-0.05, 0) is 35.8 Å². The zero-order valence-corrected chi connectivity index (χ0v) is 19.5. The molecule has 3 heteroatoms. The molecule has 0 aliphatic carbocycles. The van der Waals surface area contributed by atoms with Crippen LogP contribution in [0.25, 0.3) is 0 Å². The number of carbonyl (C=O) groups excluding carboxylic acids is 2. The van der Waals surface area contributed by atoms with E-state index in [2.05, 4.69) is 41.5 Å². The van der Waals surface area contributed by atoms with Crippen molar-refractivity contribution >= 4 is 17.5 Å². The highest BCUT2D eigenvalue weighted by Crippen LogP contribution is 2.52. The van der Waals surface area contributed by atoms with Crippen LogP contribution < -0.4 is 4.90 Å². The molecule has 1 aromatic carbocycles. The van der Waals surface area contributed by atoms with E-state index in [1.807, 2.05) is 30.3 Å². The lowest BCUT2D eigenvalue weighted by Crippen LogP contribution is -2.40. The van der Waals surface area contributed by atoms with Crippen molar-refractivity contribution < 1.29 is 9.59 Å². The SMILES string of the molecule is CCCCCC(C)(C)C1C(=O)N(c2ccccc2)C(=O)C1C(C)(C)CCCCC. The summed E-state index contributed by atoms with van der Waals surface area (Å²) in [5, 5.41) is 0. The van der Waals surface area contributed by atoms with Gasteiger partial charge in [0.1, 0.15) is 0 Å². The summed E-state index contributed by atoms with van der Waals surface area (Å²) in [7, 11) is 0. The fourth-order valence-electron chi connectivity index (χ4n) is 5.05. The molecule has 0 N–H and O–H groups in total. The molecule has 0 aromatic heterocycles. The van der Waals surface area contributed by atoms with Crippen LogP contribution in [0.1, 0.15) is 92.9 Å². The van der Waals surface area contributed by atoms with Gasteiger partial charge in [-0.1, -0.05) is 98.3 Å². The molecule has 162 valence electrons. The van der Waals surface area contributed by atoms with Crippen molar-refractivity contribution in [2.75, 3.05) is 4.90 Å². The molecule has 2 rings (SSSR count). The lowest BCUT2D eigenvalue weighted by Gasteiger charge is -2.40. The van der Waals surface area contributed by atoms with Crippen LogP contribution in [0.15, 0.2) is 30.3 Å². The molecule has 0 saturated carbocycles. The largest absolute Gasteiger partial charge is 0.274 e. The number of carbonyl (C=O) groups is 2. The van der Waals surface area contributed by atoms with Crippen LogP contribution in [-0.4, -0.2) is 11.8 Å². The Balaban J connectivity index is 2.42. The molecular formula is C26H41NO2. The third kappa shape index (κ3) is 5.29. The number of nitrogens with zero attached hydrogens (tertiary/aromatic N) is 1. The Morgan fingerprint density at radius 2 is 1.14 bits per heavy atom. The van der Waals surface area contributed by atoms with Gasteiger partial charge in [-0.15, -0.1) is 0 Å². The molecule has 29 heavy (non-hydrogen) atoms. The van der Waals surface area contributed by atoms with Gasteiger partial charge >= 0.3 is 0 Å². The smallest absolute Gasteiger partial charge is 0.238 e. The number of para-hydroxylation sites is 1. The normalized spacial score (nSPS) is 20.6. The summed E-state index contributed by atoms with van der Waals surface area (Å²) in [6.07, 6.45) is 8.84. The van der Waals surface area contributed by atoms with Gasteiger partial charge in [-0.3, -0.25) is 14.5 Å². The molecule has 0 spiro atoms. The second-order valence-corrected chi connectivity index (χ2v) is 10.2. The van der Waals surface area contributed by atoms with Gasteiger partial charge in [0, 0.05) is 0 Å². The summed E-state index contributed by atoms with van der Waals surface area (Å²) in [5.41, 5.74) is 0.319. The van der Waals surface area contributed by atoms with Gasteiger partial charge < -0.3 is 0 Å². The van der Waals surface area contributed by atoms with Crippen molar-refractivity contribution in [2.45, 2.75) is 92.9 Å². The number of benzene rings is 1. The van der Waals surface area contributed by atoms with Gasteiger partial charge in [0.05, 0.1) is 17.5 Å². The fourth-order valence-corrected chi connectivity index (χ4v) is 5.05. The molecule has 1 aliphatic rings. The number of amides is 2. The third-order valence-corrected chi connectivity index (χ3v) is 6.85. The number of rotatable bonds is 11. The van der Waals surface area contributed by atoms with Crippen molar-refractivity contribution in [2.24, 2.45) is 22.7 Å². The third-order valence-electron chi connectivity index (χ3n) is 6.85. The number of unbranched alkanes of at least 4 members (excludes halogenated alkanes) is 4. The van der Waals surface area contributed by atoms with Gasteiger partial charge in [-0.2, -0.15) is 0 Å². The molecule has 0 radical (unpaired) electrons. The van der Waals surface area contributed by atoms with Crippen LogP contribution in [0.5, 0.6) is 0 Å². The quantitative estimate of drug-likeness (QED) is 0.296. The van der Waals surface area contributed by atoms with E-state index in [0.29, 0.717) is 5.69 Å². The van der Waals surface area contributed by atoms with Crippen molar-refractivity contribution in [3.8, 4) is 0 Å². The minimum Gasteiger partial charge on any atom is -0.274 e. The summed E-state index contributed by atoms with van der Waals surface area (Å²) in [6, 6.07) is 9.48. The van der Waals surface area contributed by atoms with E-state index in [9.17, 15) is 9.59 Å². The summed E-state index contributed by atoms with van der Waals surface area (Å²) in [5.74, 6) is -0.528. The van der Waals surface area contributed by atoms with Crippen molar-refractivity contribution in [1.82, 2.24) is 0 Å². The van der Waals surface area contributed by atoms with Crippen LogP contribution in [0.2, 0.25) is 0 Å². The molecule has 1 heterocycles. The number of imide groups is 1. The molecule has 0 bridgehead atoms. The maximum atomic E-state index is 13.7. The van der Waals surface area contributed by atoms with Gasteiger partial charge in [0.25, 0.3) is 0 Å². The highest BCUT2D eigenvalue weighted by Gasteiger charge is 2.58. The predicted molar refractivity (Wildman–Crippen MR) is 122 cm³/mol. The maximum absolute atomic E-state index is 13.7. The van der Waals surface area contributed by atoms with E-state index in [1.54, 1.807) is 0 Å². The predicted octanol–water partition coefficient (Wildman–Crippen LogP) is 7.01. The monoisotopic (exact) mass is 399 g/mol. The Kier molecular flexibility index (Phi) is 8.08. The van der Waals surface area contributed by atoms with Crippen LogP contribution in [0.4, 0.5) is 5.69 Å². The first-order valence-corrected chi connectivity index (χ1v) is 11.6. The Hall–Kier alpha value is -1.64. The van der Waals surface area contributed by atoms with Crippen LogP contribution >= 0.6 is 0 Å². The van der Waals surface area contributed by atoms with Crippen LogP contribution in [0, 0.1) is 22.7 Å². The molecule has 3 nitrogen and oxygen atoms in total. The fraction of sp³-hybridized carbons (Fsp3) is 0.692. The van der Waals surface area contributed by atoms with E-state index in [-0.39, 0.29) is 34.5 Å². The number of hydrogen-bond donors (Lipinski definition) is 0. The first-order chi connectivity index (χ1) is 13.7. The van der Waals surface area contributed by atoms with Gasteiger partial charge in [0.2, 0.25) is 11.8 Å². The molecule has 2 atom stereocenters. The average Bonchev–Trinajstić information content (AvgIpc) is 2.94. The molecular weight excluding hydrogens is 358 g/mol. The zero-order valence-electron chi connectivity index (χ0n) is 19.5. The lowest BCUT2D eigenvalue weighted by atomic mass is 9.61. The molecule has 1 aliphatic heterocycles. The number of anilines is 1. The minimum absolute atomic E-state index is 0.00346. The Bertz CT molecular complexity index is 637. The minimum atomic E-state index is -0.260. The molecule has 1 fully saturated rings. The highest BCUT2D eigenvalue weighted by atomic mass is 16.2. The van der Waals surface area contributed by atoms with Crippen molar-refractivity contribution in [1.29, 1.82) is 0 Å². The zero-order chi connectivity index (χ0) is 21.7. The summed E-state index contributed by atoms with van der Waals surface area (Å²) < 4.78 is 0. The van der Waals surface area contributed by atoms with E-state index < -0.39 is 0 Å². The molecule has 2 unspecified atom stereocenters. The van der Waals surface area contributed by atoms with Crippen molar-refractivity contribution in [3.05, 3.63) is 30.3 Å². The summed E-state index contributed by atoms with van der Waals surface area (Å²) >= 11 is 0. The first-order valence-electron chi connectivity index (χ1n) is 11.6. The average molecular weight is 400 g/mol. The van der Waals surface area contributed by atoms with E-state index >= 15 is 0 Å². The first kappa shape index (κ1) is 23.6. The molecule has 2 amide bonds. The van der Waals surface area contributed by atoms with Crippen molar-refractivity contribution in [3.63, 3.8) is 0 Å². The second-order valence-electron chi connectivity index (χ2n) is 10.2. The van der Waals surface area contributed by atoms with E-state index in [4.69, 9.17) is 0 Å². The number of hydrogen-bond acceptors (Lipinski definition) is 2. The lowest BCUT2D eigenvalue weighted by molar-refractivity contribution is -0.128. The summed E-state index contributed by atoms with van der Waals surface area (Å²) in [6.45, 7) is 13.2. The van der Waals surface area contributed by atoms with Gasteiger partial charge in [0.15, 0.2) is 0 Å². The van der Waals surface area contributed by atoms with Crippen LogP contribution in [0.3, 0.4) is 0 Å². The van der Waals surface area contributed by atoms with E-state index in [1.165, 1.54) is 17.7 Å². The van der Waals surface area contributed by atoms with Crippen LogP contribution in [-0.2, 0) is 9.59 Å². The second kappa shape index (κ2) is 9.91. The highest BCUT2D eigenvalue weighted by molar-refractivity contribution is 6.22. The Morgan fingerprint density at radius 1 is 0.724 bits per heavy atom. The molecule has 1 aromatic rings. The van der Waals surface area contributed by atoms with E-state index in [0.717, 1.165) is 38.5 Å². The Morgan fingerprint density at radius 3 is 1.52 bits per heavy atom. The maximum Gasteiger partial charge on any atom is 0.238 e. The topological polar surface area (TPSA) is 37.4 Å². The molecule has 1 saturated heterocycles. The standard InChI is InChI=1S/C26H41NO2/c1-7-9-14-18-25(3,4)21-22(26(5,6)19-15-10-8-2)24(29)27(23(21)28)20-16-12-11-13-17-20/h11-13,16-17,21-22H,7-10,14-15,18-19H2,1-6H3. The Labute approximate surface area is 178 Å².